The van der Waals surface area contributed by atoms with E-state index in [2.05, 4.69) is 20.8 Å². The van der Waals surface area contributed by atoms with E-state index in [4.69, 9.17) is 16.3 Å². The third-order valence-electron chi connectivity index (χ3n) is 3.22. The largest absolute Gasteiger partial charge is 0.423 e. The van der Waals surface area contributed by atoms with E-state index in [-0.39, 0.29) is 5.41 Å². The van der Waals surface area contributed by atoms with Gasteiger partial charge in [0, 0.05) is 11.1 Å². The number of carbonyl (C=O) groups is 1. The van der Waals surface area contributed by atoms with Gasteiger partial charge in [-0.05, 0) is 46.9 Å². The van der Waals surface area contributed by atoms with Gasteiger partial charge in [-0.2, -0.15) is 0 Å². The van der Waals surface area contributed by atoms with Gasteiger partial charge in [-0.15, -0.1) is 0 Å². The summed E-state index contributed by atoms with van der Waals surface area (Å²) >= 11 is 5.81. The number of carbonyl (C=O) groups excluding carboxylic acids is 1. The van der Waals surface area contributed by atoms with E-state index in [1.807, 2.05) is 36.4 Å². The lowest BCUT2D eigenvalue weighted by Crippen LogP contribution is -2.11. The van der Waals surface area contributed by atoms with E-state index in [0.717, 1.165) is 5.56 Å². The topological polar surface area (TPSA) is 26.3 Å². The van der Waals surface area contributed by atoms with Crippen molar-refractivity contribution in [2.24, 2.45) is 0 Å². The third-order valence-corrected chi connectivity index (χ3v) is 3.47. The predicted molar refractivity (Wildman–Crippen MR) is 91.3 cm³/mol. The number of hydrogen-bond donors (Lipinski definition) is 0. The second kappa shape index (κ2) is 6.80. The molecule has 3 heteroatoms. The molecule has 0 unspecified atom stereocenters. The van der Waals surface area contributed by atoms with Gasteiger partial charge in [-0.3, -0.25) is 0 Å². The monoisotopic (exact) mass is 314 g/mol. The van der Waals surface area contributed by atoms with Crippen LogP contribution in [-0.4, -0.2) is 5.97 Å². The van der Waals surface area contributed by atoms with Gasteiger partial charge in [-0.1, -0.05) is 56.6 Å². The van der Waals surface area contributed by atoms with Crippen molar-refractivity contribution >= 4 is 23.6 Å². The highest BCUT2D eigenvalue weighted by molar-refractivity contribution is 6.30. The standard InChI is InChI=1S/C19H19ClO2/c1-19(2,3)15-7-11-17(12-8-15)22-18(21)13-6-14-4-9-16(20)10-5-14/h4-13H,1-3H3. The average Bonchev–Trinajstić information content (AvgIpc) is 2.46. The second-order valence-electron chi connectivity index (χ2n) is 6.08. The summed E-state index contributed by atoms with van der Waals surface area (Å²) in [4.78, 5) is 11.8. The van der Waals surface area contributed by atoms with Crippen LogP contribution in [0.25, 0.3) is 6.08 Å². The first-order valence-electron chi connectivity index (χ1n) is 7.10. The molecule has 114 valence electrons. The Morgan fingerprint density at radius 1 is 1.00 bits per heavy atom. The van der Waals surface area contributed by atoms with Crippen LogP contribution < -0.4 is 4.74 Å². The Kier molecular flexibility index (Phi) is 5.04. The Morgan fingerprint density at radius 3 is 2.14 bits per heavy atom. The lowest BCUT2D eigenvalue weighted by atomic mass is 9.87. The van der Waals surface area contributed by atoms with Gasteiger partial charge in [0.2, 0.25) is 0 Å². The zero-order valence-corrected chi connectivity index (χ0v) is 13.7. The van der Waals surface area contributed by atoms with Gasteiger partial charge in [-0.25, -0.2) is 4.79 Å². The molecule has 2 aromatic rings. The van der Waals surface area contributed by atoms with E-state index in [1.165, 1.54) is 11.6 Å². The summed E-state index contributed by atoms with van der Waals surface area (Å²) in [5, 5.41) is 0.665. The summed E-state index contributed by atoms with van der Waals surface area (Å²) in [6.07, 6.45) is 3.10. The van der Waals surface area contributed by atoms with Crippen LogP contribution in [0, 0.1) is 0 Å². The fourth-order valence-electron chi connectivity index (χ4n) is 1.91. The summed E-state index contributed by atoms with van der Waals surface area (Å²) in [7, 11) is 0. The van der Waals surface area contributed by atoms with Gasteiger partial charge < -0.3 is 4.74 Å². The molecule has 0 N–H and O–H groups in total. The number of benzene rings is 2. The second-order valence-corrected chi connectivity index (χ2v) is 6.52. The number of ether oxygens (including phenoxy) is 1. The molecule has 0 aliphatic heterocycles. The first-order chi connectivity index (χ1) is 10.3. The van der Waals surface area contributed by atoms with Gasteiger partial charge in [0.05, 0.1) is 0 Å². The average molecular weight is 315 g/mol. The Hall–Kier alpha value is -2.06. The Bertz CT molecular complexity index is 662. The molecule has 0 aliphatic carbocycles. The van der Waals surface area contributed by atoms with Crippen LogP contribution in [0.2, 0.25) is 5.02 Å². The molecule has 2 aromatic carbocycles. The van der Waals surface area contributed by atoms with Crippen molar-refractivity contribution in [3.63, 3.8) is 0 Å². The van der Waals surface area contributed by atoms with Crippen LogP contribution in [0.4, 0.5) is 0 Å². The van der Waals surface area contributed by atoms with E-state index in [0.29, 0.717) is 10.8 Å². The Morgan fingerprint density at radius 2 is 1.59 bits per heavy atom. The summed E-state index contributed by atoms with van der Waals surface area (Å²) in [6.45, 7) is 6.43. The SMILES string of the molecule is CC(C)(C)c1ccc(OC(=O)C=Cc2ccc(Cl)cc2)cc1. The van der Waals surface area contributed by atoms with E-state index < -0.39 is 5.97 Å². The van der Waals surface area contributed by atoms with Crippen molar-refractivity contribution < 1.29 is 9.53 Å². The van der Waals surface area contributed by atoms with E-state index in [1.54, 1.807) is 18.2 Å². The number of halogens is 1. The number of esters is 1. The van der Waals surface area contributed by atoms with Crippen LogP contribution in [0.1, 0.15) is 31.9 Å². The molecule has 22 heavy (non-hydrogen) atoms. The first-order valence-corrected chi connectivity index (χ1v) is 7.48. The highest BCUT2D eigenvalue weighted by atomic mass is 35.5. The van der Waals surface area contributed by atoms with Crippen molar-refractivity contribution in [3.05, 3.63) is 70.8 Å². The van der Waals surface area contributed by atoms with Crippen LogP contribution in [0.3, 0.4) is 0 Å². The van der Waals surface area contributed by atoms with Crippen molar-refractivity contribution in [1.82, 2.24) is 0 Å². The lowest BCUT2D eigenvalue weighted by Gasteiger charge is -2.18. The maximum Gasteiger partial charge on any atom is 0.336 e. The fraction of sp³-hybridized carbons (Fsp3) is 0.211. The minimum absolute atomic E-state index is 0.0804. The molecule has 0 atom stereocenters. The van der Waals surface area contributed by atoms with Gasteiger partial charge in [0.1, 0.15) is 5.75 Å². The third kappa shape index (κ3) is 4.74. The molecule has 0 fully saturated rings. The van der Waals surface area contributed by atoms with Crippen molar-refractivity contribution in [2.75, 3.05) is 0 Å². The molecular weight excluding hydrogens is 296 g/mol. The normalized spacial score (nSPS) is 11.6. The van der Waals surface area contributed by atoms with Crippen LogP contribution in [0.15, 0.2) is 54.6 Å². The molecule has 0 spiro atoms. The smallest absolute Gasteiger partial charge is 0.336 e. The van der Waals surface area contributed by atoms with Crippen LogP contribution in [-0.2, 0) is 10.2 Å². The summed E-state index contributed by atoms with van der Waals surface area (Å²) in [5.41, 5.74) is 2.17. The van der Waals surface area contributed by atoms with Gasteiger partial charge >= 0.3 is 5.97 Å². The highest BCUT2D eigenvalue weighted by Crippen LogP contribution is 2.24. The maximum absolute atomic E-state index is 11.8. The molecule has 0 aliphatic rings. The van der Waals surface area contributed by atoms with Gasteiger partial charge in [0.15, 0.2) is 0 Å². The number of hydrogen-bond acceptors (Lipinski definition) is 2. The molecule has 0 radical (unpaired) electrons. The molecule has 0 saturated heterocycles. The zero-order valence-electron chi connectivity index (χ0n) is 13.0. The predicted octanol–water partition coefficient (Wildman–Crippen LogP) is 5.26. The summed E-state index contributed by atoms with van der Waals surface area (Å²) in [5.74, 6) is 0.136. The summed E-state index contributed by atoms with van der Waals surface area (Å²) in [6, 6.07) is 14.8. The van der Waals surface area contributed by atoms with E-state index >= 15 is 0 Å². The quantitative estimate of drug-likeness (QED) is 0.439. The molecular formula is C19H19ClO2. The van der Waals surface area contributed by atoms with Crippen molar-refractivity contribution in [3.8, 4) is 5.75 Å². The molecule has 0 aromatic heterocycles. The Labute approximate surface area is 136 Å². The number of rotatable bonds is 3. The molecule has 0 saturated carbocycles. The highest BCUT2D eigenvalue weighted by Gasteiger charge is 2.13. The van der Waals surface area contributed by atoms with Crippen LogP contribution >= 0.6 is 11.6 Å². The molecule has 0 bridgehead atoms. The fourth-order valence-corrected chi connectivity index (χ4v) is 2.04. The first kappa shape index (κ1) is 16.3. The van der Waals surface area contributed by atoms with Crippen molar-refractivity contribution in [1.29, 1.82) is 0 Å². The summed E-state index contributed by atoms with van der Waals surface area (Å²) < 4.78 is 5.28. The minimum atomic E-state index is -0.404. The molecule has 2 nitrogen and oxygen atoms in total. The molecule has 2 rings (SSSR count). The molecule has 0 amide bonds. The zero-order chi connectivity index (χ0) is 16.2. The van der Waals surface area contributed by atoms with Crippen molar-refractivity contribution in [2.45, 2.75) is 26.2 Å². The molecule has 0 heterocycles. The lowest BCUT2D eigenvalue weighted by molar-refractivity contribution is -0.128. The Balaban J connectivity index is 1.98. The maximum atomic E-state index is 11.8. The minimum Gasteiger partial charge on any atom is -0.423 e. The van der Waals surface area contributed by atoms with E-state index in [9.17, 15) is 4.79 Å². The van der Waals surface area contributed by atoms with Crippen LogP contribution in [0.5, 0.6) is 5.75 Å². The van der Waals surface area contributed by atoms with Gasteiger partial charge in [0.25, 0.3) is 0 Å².